The van der Waals surface area contributed by atoms with Crippen molar-refractivity contribution in [1.29, 1.82) is 0 Å². The Morgan fingerprint density at radius 3 is 2.38 bits per heavy atom. The van der Waals surface area contributed by atoms with Gasteiger partial charge in [0.2, 0.25) is 0 Å². The van der Waals surface area contributed by atoms with Crippen LogP contribution in [0.4, 0.5) is 0 Å². The van der Waals surface area contributed by atoms with Crippen molar-refractivity contribution in [3.05, 3.63) is 0 Å². The zero-order chi connectivity index (χ0) is 5.70. The van der Waals surface area contributed by atoms with E-state index in [4.69, 9.17) is 0 Å². The Labute approximate surface area is 82.6 Å². The molecule has 0 aromatic heterocycles. The van der Waals surface area contributed by atoms with Crippen molar-refractivity contribution in [2.45, 2.75) is 6.92 Å². The zero-order valence-corrected chi connectivity index (χ0v) is 7.53. The van der Waals surface area contributed by atoms with E-state index in [0.717, 1.165) is 19.6 Å². The predicted molar refractivity (Wildman–Crippen MR) is 28.9 cm³/mol. The van der Waals surface area contributed by atoms with Crippen LogP contribution in [0.1, 0.15) is 6.92 Å². The monoisotopic (exact) mass is 320 g/mol. The van der Waals surface area contributed by atoms with Crippen LogP contribution >= 0.6 is 8.25 Å². The summed E-state index contributed by atoms with van der Waals surface area (Å²) in [5.41, 5.74) is 0. The predicted octanol–water partition coefficient (Wildman–Crippen LogP) is 0.242. The molecule has 0 aliphatic carbocycles. The van der Waals surface area contributed by atoms with Crippen LogP contribution in [0.15, 0.2) is 0 Å². The van der Waals surface area contributed by atoms with E-state index in [1.54, 1.807) is 6.92 Å². The van der Waals surface area contributed by atoms with Gasteiger partial charge in [-0.25, -0.2) is 0 Å². The number of rotatable bonds is 3. The van der Waals surface area contributed by atoms with Gasteiger partial charge >= 0.3 is 83.3 Å². The van der Waals surface area contributed by atoms with Gasteiger partial charge in [-0.3, -0.25) is 0 Å². The molecule has 8 heavy (non-hydrogen) atoms. The standard InChI is InChI=1S/C2H7O3P.Na.Re.H/c1-2-5-6(3)4;;;/h6H,2H2,1H3,(H,3,4);;;/q;;+1;/p-1. The van der Waals surface area contributed by atoms with E-state index in [2.05, 4.69) is 7.77 Å². The fourth-order valence-electron chi connectivity index (χ4n) is 0.140. The number of hydrogen-bond donors (Lipinski definition) is 0. The molecule has 0 heterocycles. The van der Waals surface area contributed by atoms with Gasteiger partial charge in [-0.1, -0.05) is 0 Å². The van der Waals surface area contributed by atoms with Crippen LogP contribution in [0, 0.1) is 0 Å². The van der Waals surface area contributed by atoms with Gasteiger partial charge in [0.05, 0.1) is 0 Å². The van der Waals surface area contributed by atoms with Gasteiger partial charge in [-0.2, -0.15) is 0 Å². The first-order valence-electron chi connectivity index (χ1n) is 1.76. The van der Waals surface area contributed by atoms with Crippen LogP contribution < -0.4 is 0 Å². The van der Waals surface area contributed by atoms with Gasteiger partial charge in [0.1, 0.15) is 0 Å². The molecule has 0 saturated carbocycles. The molecule has 0 aliphatic rings. The van der Waals surface area contributed by atoms with Crippen molar-refractivity contribution >= 4 is 37.8 Å². The summed E-state index contributed by atoms with van der Waals surface area (Å²) in [4.78, 5) is 0. The summed E-state index contributed by atoms with van der Waals surface area (Å²) in [6.45, 7) is 2.23. The molecule has 3 nitrogen and oxygen atoms in total. The molecule has 0 aliphatic heterocycles. The molecule has 0 saturated heterocycles. The first-order valence-corrected chi connectivity index (χ1v) is 4.10. The van der Waals surface area contributed by atoms with Crippen molar-refractivity contribution in [2.24, 2.45) is 0 Å². The second-order valence-electron chi connectivity index (χ2n) is 0.760. The molecule has 0 radical (unpaired) electrons. The van der Waals surface area contributed by atoms with Gasteiger partial charge < -0.3 is 0 Å². The fraction of sp³-hybridized carbons (Fsp3) is 1.00. The van der Waals surface area contributed by atoms with E-state index in [-0.39, 0.29) is 29.6 Å². The maximum atomic E-state index is 10.2. The fourth-order valence-corrected chi connectivity index (χ4v) is 0.900. The van der Waals surface area contributed by atoms with Crippen LogP contribution in [-0.4, -0.2) is 36.2 Å². The molecule has 0 spiro atoms. The van der Waals surface area contributed by atoms with Crippen LogP contribution in [-0.2, 0) is 31.9 Å². The molecule has 1 atom stereocenters. The van der Waals surface area contributed by atoms with Crippen molar-refractivity contribution in [3.8, 4) is 0 Å². The van der Waals surface area contributed by atoms with Gasteiger partial charge in [-0.15, -0.1) is 0 Å². The summed E-state index contributed by atoms with van der Waals surface area (Å²) in [6, 6.07) is 0. The minimum absolute atomic E-state index is 0. The summed E-state index contributed by atoms with van der Waals surface area (Å²) in [7, 11) is -2.11. The van der Waals surface area contributed by atoms with Crippen molar-refractivity contribution < 1.29 is 31.9 Å². The molecule has 0 rings (SSSR count). The Morgan fingerprint density at radius 1 is 1.75 bits per heavy atom. The first-order chi connectivity index (χ1) is 3.31. The van der Waals surface area contributed by atoms with Gasteiger partial charge in [0.15, 0.2) is 0 Å². The van der Waals surface area contributed by atoms with Crippen LogP contribution in [0.3, 0.4) is 0 Å². The number of hydrogen-bond acceptors (Lipinski definition) is 3. The molecular weight excluding hydrogens is 312 g/mol. The summed E-state index contributed by atoms with van der Waals surface area (Å²) in [5.74, 6) is 0. The Hall–Kier alpha value is 1.81. The Kier molecular flexibility index (Phi) is 13.8. The molecule has 1 unspecified atom stereocenters. The third kappa shape index (κ3) is 7.81. The average Bonchev–Trinajstić information content (AvgIpc) is 1.68. The zero-order valence-electron chi connectivity index (χ0n) is 3.81. The quantitative estimate of drug-likeness (QED) is 0.552. The molecule has 0 amide bonds. The molecule has 0 bridgehead atoms. The molecule has 6 heteroatoms. The maximum absolute atomic E-state index is 10.2. The summed E-state index contributed by atoms with van der Waals surface area (Å²) in [5, 5.41) is 0. The van der Waals surface area contributed by atoms with Gasteiger partial charge in [0, 0.05) is 0 Å². The second-order valence-corrected chi connectivity index (χ2v) is 3.37. The summed E-state index contributed by atoms with van der Waals surface area (Å²) < 4.78 is 19.1. The van der Waals surface area contributed by atoms with Crippen molar-refractivity contribution in [1.82, 2.24) is 0 Å². The Balaban J connectivity index is 0. The van der Waals surface area contributed by atoms with E-state index < -0.39 is 8.25 Å². The molecule has 0 fully saturated rings. The summed E-state index contributed by atoms with van der Waals surface area (Å²) >= 11 is 1.01. The first kappa shape index (κ1) is 12.5. The Morgan fingerprint density at radius 2 is 2.25 bits per heavy atom. The van der Waals surface area contributed by atoms with E-state index in [1.165, 1.54) is 0 Å². The minimum atomic E-state index is -2.11. The van der Waals surface area contributed by atoms with Crippen LogP contribution in [0.2, 0.25) is 0 Å². The van der Waals surface area contributed by atoms with Crippen molar-refractivity contribution in [2.75, 3.05) is 6.61 Å². The molecule has 46 valence electrons. The van der Waals surface area contributed by atoms with Gasteiger partial charge in [-0.05, 0) is 0 Å². The third-order valence-corrected chi connectivity index (χ3v) is 2.33. The third-order valence-electron chi connectivity index (χ3n) is 0.325. The van der Waals surface area contributed by atoms with Crippen molar-refractivity contribution in [3.63, 3.8) is 0 Å². The summed E-state index contributed by atoms with van der Waals surface area (Å²) in [6.07, 6.45) is 0. The molecule has 0 N–H and O–H groups in total. The topological polar surface area (TPSA) is 35.5 Å². The van der Waals surface area contributed by atoms with Crippen LogP contribution in [0.5, 0.6) is 0 Å². The van der Waals surface area contributed by atoms with E-state index >= 15 is 0 Å². The normalized spacial score (nSPS) is 12.2. The second kappa shape index (κ2) is 8.81. The molecular formula is C2H7NaO3PRe. The van der Waals surface area contributed by atoms with E-state index in [0.29, 0.717) is 6.61 Å². The van der Waals surface area contributed by atoms with Gasteiger partial charge in [0.25, 0.3) is 0 Å². The van der Waals surface area contributed by atoms with E-state index in [1.807, 2.05) is 0 Å². The average molecular weight is 319 g/mol. The SMILES string of the molecule is CCO[PH](=O)[O][Re].[NaH]. The van der Waals surface area contributed by atoms with E-state index in [9.17, 15) is 4.57 Å². The molecule has 0 aromatic carbocycles. The van der Waals surface area contributed by atoms with Crippen LogP contribution in [0.25, 0.3) is 0 Å². The Bertz CT molecular complexity index is 70.3. The molecule has 0 aromatic rings.